The van der Waals surface area contributed by atoms with E-state index in [-0.39, 0.29) is 17.0 Å². The maximum Gasteiger partial charge on any atom is 0.337 e. The summed E-state index contributed by atoms with van der Waals surface area (Å²) < 4.78 is 42.1. The molecule has 2 aromatic carbocycles. The fourth-order valence-corrected chi connectivity index (χ4v) is 3.16. The summed E-state index contributed by atoms with van der Waals surface area (Å²) in [6.45, 7) is 0.0848. The highest BCUT2D eigenvalue weighted by atomic mass is 32.2. The molecule has 8 heteroatoms. The van der Waals surface area contributed by atoms with Crippen molar-refractivity contribution in [2.75, 3.05) is 21.3 Å². The van der Waals surface area contributed by atoms with Crippen molar-refractivity contribution < 1.29 is 27.4 Å². The van der Waals surface area contributed by atoms with Gasteiger partial charge in [-0.05, 0) is 42.0 Å². The number of carbonyl (C=O) groups is 1. The Morgan fingerprint density at radius 1 is 0.960 bits per heavy atom. The van der Waals surface area contributed by atoms with E-state index in [4.69, 9.17) is 9.47 Å². The van der Waals surface area contributed by atoms with Crippen LogP contribution in [0.1, 0.15) is 15.9 Å². The first-order valence-corrected chi connectivity index (χ1v) is 8.78. The largest absolute Gasteiger partial charge is 0.493 e. The van der Waals surface area contributed by atoms with Crippen LogP contribution in [0.25, 0.3) is 0 Å². The van der Waals surface area contributed by atoms with Gasteiger partial charge in [0.25, 0.3) is 0 Å². The quantitative estimate of drug-likeness (QED) is 0.755. The molecule has 0 saturated heterocycles. The maximum atomic E-state index is 12.4. The highest BCUT2D eigenvalue weighted by Crippen LogP contribution is 2.27. The van der Waals surface area contributed by atoms with E-state index in [1.807, 2.05) is 0 Å². The Labute approximate surface area is 146 Å². The second-order valence-corrected chi connectivity index (χ2v) is 6.80. The topological polar surface area (TPSA) is 90.9 Å². The van der Waals surface area contributed by atoms with E-state index in [0.717, 1.165) is 0 Å². The van der Waals surface area contributed by atoms with Crippen LogP contribution in [0, 0.1) is 0 Å². The van der Waals surface area contributed by atoms with Gasteiger partial charge < -0.3 is 14.2 Å². The van der Waals surface area contributed by atoms with Crippen LogP contribution < -0.4 is 14.2 Å². The van der Waals surface area contributed by atoms with Crippen molar-refractivity contribution in [1.29, 1.82) is 0 Å². The van der Waals surface area contributed by atoms with E-state index in [9.17, 15) is 13.2 Å². The Bertz CT molecular complexity index is 846. The lowest BCUT2D eigenvalue weighted by atomic mass is 10.2. The van der Waals surface area contributed by atoms with Crippen LogP contribution in [0.4, 0.5) is 0 Å². The second-order valence-electron chi connectivity index (χ2n) is 5.03. The molecule has 0 aromatic heterocycles. The van der Waals surface area contributed by atoms with Crippen molar-refractivity contribution in [3.63, 3.8) is 0 Å². The summed E-state index contributed by atoms with van der Waals surface area (Å²) in [7, 11) is 0.579. The smallest absolute Gasteiger partial charge is 0.337 e. The summed E-state index contributed by atoms with van der Waals surface area (Å²) in [6, 6.07) is 10.6. The predicted molar refractivity (Wildman–Crippen MR) is 91.4 cm³/mol. The molecule has 0 fully saturated rings. The number of ether oxygens (including phenoxy) is 3. The van der Waals surface area contributed by atoms with Gasteiger partial charge in [-0.2, -0.15) is 0 Å². The third-order valence-electron chi connectivity index (χ3n) is 3.50. The summed E-state index contributed by atoms with van der Waals surface area (Å²) in [5, 5.41) is 0. The number of benzene rings is 2. The van der Waals surface area contributed by atoms with Gasteiger partial charge in [0.1, 0.15) is 0 Å². The molecule has 134 valence electrons. The molecule has 0 bridgehead atoms. The van der Waals surface area contributed by atoms with Crippen LogP contribution >= 0.6 is 0 Å². The Morgan fingerprint density at radius 2 is 1.60 bits per heavy atom. The first-order valence-electron chi connectivity index (χ1n) is 7.30. The zero-order valence-corrected chi connectivity index (χ0v) is 14.9. The number of rotatable bonds is 7. The summed E-state index contributed by atoms with van der Waals surface area (Å²) in [4.78, 5) is 11.4. The van der Waals surface area contributed by atoms with Crippen molar-refractivity contribution in [3.05, 3.63) is 53.6 Å². The lowest BCUT2D eigenvalue weighted by Crippen LogP contribution is -2.23. The molecule has 0 saturated carbocycles. The first kappa shape index (κ1) is 18.8. The standard InChI is InChI=1S/C17H19NO6S/c1-22-15-9-4-12(10-16(15)23-2)11-18-25(20,21)14-7-5-13(6-8-14)17(19)24-3/h4-10,18H,11H2,1-3H3. The Hall–Kier alpha value is -2.58. The van der Waals surface area contributed by atoms with Gasteiger partial charge in [-0.25, -0.2) is 17.9 Å². The van der Waals surface area contributed by atoms with Gasteiger partial charge in [0.15, 0.2) is 11.5 Å². The van der Waals surface area contributed by atoms with Gasteiger partial charge in [-0.3, -0.25) is 0 Å². The van der Waals surface area contributed by atoms with Crippen molar-refractivity contribution >= 4 is 16.0 Å². The molecule has 2 rings (SSSR count). The summed E-state index contributed by atoms with van der Waals surface area (Å²) >= 11 is 0. The summed E-state index contributed by atoms with van der Waals surface area (Å²) in [6.07, 6.45) is 0. The lowest BCUT2D eigenvalue weighted by molar-refractivity contribution is 0.0600. The summed E-state index contributed by atoms with van der Waals surface area (Å²) in [5.74, 6) is 0.552. The zero-order chi connectivity index (χ0) is 18.4. The average Bonchev–Trinajstić information content (AvgIpc) is 2.65. The Kier molecular flexibility index (Phi) is 6.00. The molecular weight excluding hydrogens is 346 g/mol. The normalized spacial score (nSPS) is 11.0. The molecule has 0 aliphatic rings. The van der Waals surface area contributed by atoms with Crippen LogP contribution in [0.15, 0.2) is 47.4 Å². The van der Waals surface area contributed by atoms with Gasteiger partial charge in [0, 0.05) is 6.54 Å². The van der Waals surface area contributed by atoms with E-state index in [1.54, 1.807) is 18.2 Å². The molecule has 0 radical (unpaired) electrons. The zero-order valence-electron chi connectivity index (χ0n) is 14.1. The van der Waals surface area contributed by atoms with Crippen LogP contribution in [0.3, 0.4) is 0 Å². The minimum atomic E-state index is -3.72. The van der Waals surface area contributed by atoms with E-state index in [2.05, 4.69) is 9.46 Å². The Balaban J connectivity index is 2.12. The van der Waals surface area contributed by atoms with Crippen molar-refractivity contribution in [2.24, 2.45) is 0 Å². The number of hydrogen-bond donors (Lipinski definition) is 1. The molecule has 2 aromatic rings. The number of methoxy groups -OCH3 is 3. The molecule has 7 nitrogen and oxygen atoms in total. The van der Waals surface area contributed by atoms with Crippen LogP contribution in [-0.2, 0) is 21.3 Å². The minimum absolute atomic E-state index is 0.0561. The third-order valence-corrected chi connectivity index (χ3v) is 4.92. The fourth-order valence-electron chi connectivity index (χ4n) is 2.14. The summed E-state index contributed by atoms with van der Waals surface area (Å²) in [5.41, 5.74) is 0.994. The second kappa shape index (κ2) is 8.00. The highest BCUT2D eigenvalue weighted by molar-refractivity contribution is 7.89. The van der Waals surface area contributed by atoms with Gasteiger partial charge in [0.05, 0.1) is 31.8 Å². The van der Waals surface area contributed by atoms with Gasteiger partial charge in [0.2, 0.25) is 10.0 Å². The minimum Gasteiger partial charge on any atom is -0.493 e. The number of carbonyl (C=O) groups excluding carboxylic acids is 1. The van der Waals surface area contributed by atoms with Gasteiger partial charge >= 0.3 is 5.97 Å². The molecule has 0 aliphatic carbocycles. The highest BCUT2D eigenvalue weighted by Gasteiger charge is 2.15. The molecule has 0 spiro atoms. The SMILES string of the molecule is COC(=O)c1ccc(S(=O)(=O)NCc2ccc(OC)c(OC)c2)cc1. The molecule has 0 amide bonds. The van der Waals surface area contributed by atoms with Crippen molar-refractivity contribution in [1.82, 2.24) is 4.72 Å². The molecular formula is C17H19NO6S. The number of sulfonamides is 1. The van der Waals surface area contributed by atoms with E-state index in [0.29, 0.717) is 17.1 Å². The monoisotopic (exact) mass is 365 g/mol. The molecule has 25 heavy (non-hydrogen) atoms. The van der Waals surface area contributed by atoms with E-state index >= 15 is 0 Å². The van der Waals surface area contributed by atoms with Gasteiger partial charge in [-0.1, -0.05) is 6.07 Å². The lowest BCUT2D eigenvalue weighted by Gasteiger charge is -2.11. The number of nitrogens with one attached hydrogen (secondary N) is 1. The van der Waals surface area contributed by atoms with Crippen LogP contribution in [0.5, 0.6) is 11.5 Å². The van der Waals surface area contributed by atoms with Crippen molar-refractivity contribution in [2.45, 2.75) is 11.4 Å². The fraction of sp³-hybridized carbons (Fsp3) is 0.235. The van der Waals surface area contributed by atoms with Crippen LogP contribution in [-0.4, -0.2) is 35.7 Å². The Morgan fingerprint density at radius 3 is 2.16 bits per heavy atom. The average molecular weight is 365 g/mol. The predicted octanol–water partition coefficient (Wildman–Crippen LogP) is 1.97. The van der Waals surface area contributed by atoms with E-state index in [1.165, 1.54) is 45.6 Å². The number of hydrogen-bond acceptors (Lipinski definition) is 6. The first-order chi connectivity index (χ1) is 11.9. The van der Waals surface area contributed by atoms with Crippen molar-refractivity contribution in [3.8, 4) is 11.5 Å². The van der Waals surface area contributed by atoms with Crippen LogP contribution in [0.2, 0.25) is 0 Å². The maximum absolute atomic E-state index is 12.4. The third kappa shape index (κ3) is 4.49. The van der Waals surface area contributed by atoms with E-state index < -0.39 is 16.0 Å². The molecule has 0 heterocycles. The molecule has 0 aliphatic heterocycles. The van der Waals surface area contributed by atoms with Gasteiger partial charge in [-0.15, -0.1) is 0 Å². The number of esters is 1. The molecule has 1 N–H and O–H groups in total. The molecule has 0 atom stereocenters. The molecule has 0 unspecified atom stereocenters.